The number of nitrogens with zero attached hydrogens (tertiary/aromatic N) is 1. The summed E-state index contributed by atoms with van der Waals surface area (Å²) in [6.45, 7) is 0. The molecule has 0 bridgehead atoms. The number of aliphatic imine (C=N–C) groups is 1. The van der Waals surface area contributed by atoms with E-state index in [9.17, 15) is 4.79 Å². The standard InChI is InChI=1S/C7H10N2O2S/c8-6(10)5-2-1-4-7(11-5)12-3-9-4/h3-5,7H,1-2H2,(H2,8,10). The van der Waals surface area contributed by atoms with Gasteiger partial charge in [0.1, 0.15) is 11.5 Å². The van der Waals surface area contributed by atoms with Gasteiger partial charge in [0.2, 0.25) is 5.91 Å². The minimum atomic E-state index is -0.402. The van der Waals surface area contributed by atoms with Crippen LogP contribution in [0.2, 0.25) is 0 Å². The molecular weight excluding hydrogens is 176 g/mol. The summed E-state index contributed by atoms with van der Waals surface area (Å²) in [7, 11) is 0. The first-order valence-electron chi connectivity index (χ1n) is 3.89. The van der Waals surface area contributed by atoms with Gasteiger partial charge < -0.3 is 10.5 Å². The Morgan fingerprint density at radius 2 is 2.50 bits per heavy atom. The van der Waals surface area contributed by atoms with Crippen LogP contribution in [0.25, 0.3) is 0 Å². The normalized spacial score (nSPS) is 39.5. The van der Waals surface area contributed by atoms with Crippen LogP contribution < -0.4 is 5.73 Å². The third kappa shape index (κ3) is 1.34. The highest BCUT2D eigenvalue weighted by molar-refractivity contribution is 8.12. The molecule has 4 nitrogen and oxygen atoms in total. The Hall–Kier alpha value is -0.550. The maximum Gasteiger partial charge on any atom is 0.246 e. The Kier molecular flexibility index (Phi) is 2.06. The highest BCUT2D eigenvalue weighted by atomic mass is 32.2. The molecule has 1 fully saturated rings. The third-order valence-electron chi connectivity index (χ3n) is 2.10. The van der Waals surface area contributed by atoms with E-state index in [2.05, 4.69) is 4.99 Å². The first-order valence-corrected chi connectivity index (χ1v) is 4.83. The van der Waals surface area contributed by atoms with Gasteiger partial charge in [-0.3, -0.25) is 9.79 Å². The Morgan fingerprint density at radius 1 is 1.67 bits per heavy atom. The van der Waals surface area contributed by atoms with E-state index in [1.54, 1.807) is 5.55 Å². The number of fused-ring (bicyclic) bond motifs is 1. The van der Waals surface area contributed by atoms with Crippen molar-refractivity contribution in [1.82, 2.24) is 0 Å². The van der Waals surface area contributed by atoms with E-state index in [1.807, 2.05) is 0 Å². The molecule has 66 valence electrons. The van der Waals surface area contributed by atoms with Crippen LogP contribution in [-0.2, 0) is 9.53 Å². The SMILES string of the molecule is NC(=O)C1CCC2N=CSC2O1. The van der Waals surface area contributed by atoms with Gasteiger partial charge in [0.25, 0.3) is 0 Å². The van der Waals surface area contributed by atoms with E-state index in [4.69, 9.17) is 10.5 Å². The van der Waals surface area contributed by atoms with Crippen LogP contribution in [0, 0.1) is 0 Å². The average Bonchev–Trinajstić information content (AvgIpc) is 2.49. The molecule has 0 aliphatic carbocycles. The van der Waals surface area contributed by atoms with Crippen molar-refractivity contribution < 1.29 is 9.53 Å². The second-order valence-electron chi connectivity index (χ2n) is 2.93. The molecule has 2 aliphatic heterocycles. The molecule has 0 spiro atoms. The van der Waals surface area contributed by atoms with Crippen molar-refractivity contribution in [3.8, 4) is 0 Å². The van der Waals surface area contributed by atoms with Gasteiger partial charge in [0.15, 0.2) is 0 Å². The quantitative estimate of drug-likeness (QED) is 0.632. The molecule has 0 aromatic heterocycles. The fourth-order valence-corrected chi connectivity index (χ4v) is 2.36. The van der Waals surface area contributed by atoms with Crippen molar-refractivity contribution in [3.63, 3.8) is 0 Å². The molecule has 0 saturated carbocycles. The zero-order valence-corrected chi connectivity index (χ0v) is 7.29. The van der Waals surface area contributed by atoms with Crippen LogP contribution in [0.5, 0.6) is 0 Å². The Labute approximate surface area is 74.6 Å². The van der Waals surface area contributed by atoms with Gasteiger partial charge in [-0.15, -0.1) is 0 Å². The van der Waals surface area contributed by atoms with Gasteiger partial charge in [0.05, 0.1) is 11.6 Å². The van der Waals surface area contributed by atoms with Crippen LogP contribution in [0.4, 0.5) is 0 Å². The molecule has 12 heavy (non-hydrogen) atoms. The number of ether oxygens (including phenoxy) is 1. The van der Waals surface area contributed by atoms with Crippen LogP contribution >= 0.6 is 11.8 Å². The second-order valence-corrected chi connectivity index (χ2v) is 3.88. The molecule has 2 heterocycles. The number of nitrogens with two attached hydrogens (primary N) is 1. The lowest BCUT2D eigenvalue weighted by Gasteiger charge is -2.28. The lowest BCUT2D eigenvalue weighted by Crippen LogP contribution is -2.41. The highest BCUT2D eigenvalue weighted by Gasteiger charge is 2.35. The lowest BCUT2D eigenvalue weighted by molar-refractivity contribution is -0.134. The van der Waals surface area contributed by atoms with Crippen LogP contribution in [0.3, 0.4) is 0 Å². The molecule has 5 heteroatoms. The second kappa shape index (κ2) is 3.06. The zero-order valence-electron chi connectivity index (χ0n) is 6.47. The molecule has 1 amide bonds. The molecule has 2 rings (SSSR count). The first-order chi connectivity index (χ1) is 5.77. The molecule has 2 N–H and O–H groups in total. The van der Waals surface area contributed by atoms with E-state index in [0.29, 0.717) is 6.42 Å². The number of carbonyl (C=O) groups excluding carboxylic acids is 1. The number of hydrogen-bond acceptors (Lipinski definition) is 4. The highest BCUT2D eigenvalue weighted by Crippen LogP contribution is 2.32. The number of hydrogen-bond donors (Lipinski definition) is 1. The number of thioether (sulfide) groups is 1. The van der Waals surface area contributed by atoms with E-state index < -0.39 is 6.10 Å². The largest absolute Gasteiger partial charge is 0.367 e. The van der Waals surface area contributed by atoms with Crippen molar-refractivity contribution in [2.75, 3.05) is 0 Å². The summed E-state index contributed by atoms with van der Waals surface area (Å²) in [6.07, 6.45) is 1.20. The molecule has 3 atom stereocenters. The van der Waals surface area contributed by atoms with Gasteiger partial charge in [0, 0.05) is 0 Å². The van der Waals surface area contributed by atoms with Crippen LogP contribution in [-0.4, -0.2) is 29.0 Å². The summed E-state index contributed by atoms with van der Waals surface area (Å²) in [6, 6.07) is 0.241. The summed E-state index contributed by atoms with van der Waals surface area (Å²) < 4.78 is 5.44. The molecule has 0 aromatic rings. The van der Waals surface area contributed by atoms with Gasteiger partial charge in [-0.2, -0.15) is 0 Å². The Bertz CT molecular complexity index is 231. The van der Waals surface area contributed by atoms with Gasteiger partial charge in [-0.05, 0) is 12.8 Å². The number of amides is 1. The van der Waals surface area contributed by atoms with Crippen molar-refractivity contribution in [2.45, 2.75) is 30.4 Å². The molecule has 1 saturated heterocycles. The third-order valence-corrected chi connectivity index (χ3v) is 3.04. The van der Waals surface area contributed by atoms with Crippen LogP contribution in [0.1, 0.15) is 12.8 Å². The topological polar surface area (TPSA) is 64.7 Å². The Balaban J connectivity index is 1.99. The predicted molar refractivity (Wildman–Crippen MR) is 47.0 cm³/mol. The van der Waals surface area contributed by atoms with Crippen molar-refractivity contribution >= 4 is 23.2 Å². The fraction of sp³-hybridized carbons (Fsp3) is 0.714. The minimum absolute atomic E-state index is 0.0243. The minimum Gasteiger partial charge on any atom is -0.367 e. The zero-order chi connectivity index (χ0) is 8.55. The summed E-state index contributed by atoms with van der Waals surface area (Å²) in [5.41, 5.74) is 6.95. The van der Waals surface area contributed by atoms with Gasteiger partial charge >= 0.3 is 0 Å². The average molecular weight is 186 g/mol. The number of primary amides is 1. The number of carbonyl (C=O) groups is 1. The maximum absolute atomic E-state index is 10.8. The lowest BCUT2D eigenvalue weighted by atomic mass is 10.1. The summed E-state index contributed by atoms with van der Waals surface area (Å²) in [5, 5.41) is 0. The van der Waals surface area contributed by atoms with E-state index in [0.717, 1.165) is 6.42 Å². The summed E-state index contributed by atoms with van der Waals surface area (Å²) in [5.74, 6) is -0.360. The molecule has 3 unspecified atom stereocenters. The predicted octanol–water partition coefficient (Wildman–Crippen LogP) is 0.120. The fourth-order valence-electron chi connectivity index (χ4n) is 1.43. The molecule has 0 radical (unpaired) electrons. The molecular formula is C7H10N2O2S. The van der Waals surface area contributed by atoms with Crippen molar-refractivity contribution in [1.29, 1.82) is 0 Å². The smallest absolute Gasteiger partial charge is 0.246 e. The van der Waals surface area contributed by atoms with E-state index in [-0.39, 0.29) is 17.4 Å². The van der Waals surface area contributed by atoms with Crippen LogP contribution in [0.15, 0.2) is 4.99 Å². The van der Waals surface area contributed by atoms with Crippen molar-refractivity contribution in [3.05, 3.63) is 0 Å². The molecule has 0 aromatic carbocycles. The van der Waals surface area contributed by atoms with Gasteiger partial charge in [-0.25, -0.2) is 0 Å². The number of rotatable bonds is 1. The van der Waals surface area contributed by atoms with Gasteiger partial charge in [-0.1, -0.05) is 11.8 Å². The van der Waals surface area contributed by atoms with Crippen molar-refractivity contribution in [2.24, 2.45) is 10.7 Å². The monoisotopic (exact) mass is 186 g/mol. The first kappa shape index (κ1) is 8.07. The van der Waals surface area contributed by atoms with E-state index in [1.165, 1.54) is 11.8 Å². The Morgan fingerprint density at radius 3 is 3.25 bits per heavy atom. The summed E-state index contributed by atoms with van der Waals surface area (Å²) in [4.78, 5) is 15.0. The molecule has 2 aliphatic rings. The summed E-state index contributed by atoms with van der Waals surface area (Å²) >= 11 is 1.53. The van der Waals surface area contributed by atoms with E-state index >= 15 is 0 Å². The maximum atomic E-state index is 10.8.